The first-order chi connectivity index (χ1) is 13.3. The average molecular weight is 382 g/mol. The number of halogens is 2. The summed E-state index contributed by atoms with van der Waals surface area (Å²) < 4.78 is 34.5. The Bertz CT molecular complexity index is 1090. The van der Waals surface area contributed by atoms with E-state index < -0.39 is 6.97 Å². The Morgan fingerprint density at radius 1 is 1.07 bits per heavy atom. The molecule has 0 saturated carbocycles. The van der Waals surface area contributed by atoms with Crippen LogP contribution in [0.1, 0.15) is 62.3 Å². The van der Waals surface area contributed by atoms with Crippen LogP contribution in [0.15, 0.2) is 35.4 Å². The van der Waals surface area contributed by atoms with Gasteiger partial charge in [-0.25, -0.2) is 0 Å². The maximum absolute atomic E-state index is 16.0. The number of fused-ring (bicyclic) bond motifs is 2. The molecule has 0 aromatic carbocycles. The van der Waals surface area contributed by atoms with Gasteiger partial charge in [-0.05, 0) is 50.4 Å². The highest BCUT2D eigenvalue weighted by atomic mass is 19.2. The van der Waals surface area contributed by atoms with Crippen LogP contribution < -0.4 is 0 Å². The van der Waals surface area contributed by atoms with E-state index in [2.05, 4.69) is 9.97 Å². The third-order valence-electron chi connectivity index (χ3n) is 6.32. The van der Waals surface area contributed by atoms with Gasteiger partial charge in [0, 0.05) is 36.2 Å². The van der Waals surface area contributed by atoms with Gasteiger partial charge in [-0.2, -0.15) is 0 Å². The molecule has 2 aliphatic rings. The molecular formula is C21H25BF2N4. The molecule has 0 unspecified atom stereocenters. The first-order valence-corrected chi connectivity index (χ1v) is 9.84. The summed E-state index contributed by atoms with van der Waals surface area (Å²) in [5, 5.41) is 0. The molecule has 4 heterocycles. The Hall–Kier alpha value is -2.57. The Kier molecular flexibility index (Phi) is 4.17. The lowest BCUT2D eigenvalue weighted by molar-refractivity contribution is -0.363. The normalized spacial score (nSPS) is 18.1. The molecule has 4 nitrogen and oxygen atoms in total. The van der Waals surface area contributed by atoms with Crippen LogP contribution in [0.25, 0.3) is 5.57 Å². The number of aromatic nitrogens is 3. The molecule has 2 aromatic heterocycles. The molecule has 28 heavy (non-hydrogen) atoms. The van der Waals surface area contributed by atoms with Crippen molar-refractivity contribution in [3.63, 3.8) is 0 Å². The van der Waals surface area contributed by atoms with Crippen molar-refractivity contribution in [3.05, 3.63) is 63.6 Å². The lowest BCUT2D eigenvalue weighted by Crippen LogP contribution is -2.51. The standard InChI is InChI=1S/C21H25BF2N4/c1-7-16-12(3)20-19(18-11-25-9-10-26-18)21-13(4)17(8-2)15(6)28(21)22(23,24)27(20)14(16)5/h9-11H,7-8H2,1-6H3. The topological polar surface area (TPSA) is 33.7 Å². The molecule has 0 bridgehead atoms. The van der Waals surface area contributed by atoms with Gasteiger partial charge >= 0.3 is 6.97 Å². The van der Waals surface area contributed by atoms with E-state index in [0.29, 0.717) is 41.3 Å². The predicted molar refractivity (Wildman–Crippen MR) is 109 cm³/mol. The van der Waals surface area contributed by atoms with E-state index in [4.69, 9.17) is 0 Å². The summed E-state index contributed by atoms with van der Waals surface area (Å²) in [4.78, 5) is 8.71. The zero-order valence-electron chi connectivity index (χ0n) is 17.3. The van der Waals surface area contributed by atoms with Gasteiger partial charge < -0.3 is 17.6 Å². The average Bonchev–Trinajstić information content (AvgIpc) is 3.07. The zero-order valence-corrected chi connectivity index (χ0v) is 17.3. The minimum absolute atomic E-state index is 0.579. The Morgan fingerprint density at radius 2 is 1.79 bits per heavy atom. The van der Waals surface area contributed by atoms with Gasteiger partial charge in [0.15, 0.2) is 5.70 Å². The molecule has 0 aliphatic carbocycles. The Balaban J connectivity index is 2.23. The van der Waals surface area contributed by atoms with Crippen LogP contribution in [-0.4, -0.2) is 31.6 Å². The molecule has 2 aliphatic heterocycles. The summed E-state index contributed by atoms with van der Waals surface area (Å²) in [5.74, 6) is 0. The molecule has 0 fully saturated rings. The number of nitrogens with zero attached hydrogens (tertiary/aromatic N) is 4. The molecule has 4 rings (SSSR count). The van der Waals surface area contributed by atoms with Crippen LogP contribution in [0.5, 0.6) is 0 Å². The van der Waals surface area contributed by atoms with Crippen molar-refractivity contribution >= 4 is 18.3 Å². The Labute approximate surface area is 164 Å². The first-order valence-electron chi connectivity index (χ1n) is 9.84. The van der Waals surface area contributed by atoms with Crippen LogP contribution in [0.2, 0.25) is 0 Å². The predicted octanol–water partition coefficient (Wildman–Crippen LogP) is 4.67. The Morgan fingerprint density at radius 3 is 2.36 bits per heavy atom. The van der Waals surface area contributed by atoms with Crippen molar-refractivity contribution in [1.29, 1.82) is 0 Å². The molecule has 0 amide bonds. The second-order valence-electron chi connectivity index (χ2n) is 7.58. The first kappa shape index (κ1) is 18.8. The lowest BCUT2D eigenvalue weighted by Gasteiger charge is -2.33. The van der Waals surface area contributed by atoms with Crippen LogP contribution in [0.3, 0.4) is 0 Å². The van der Waals surface area contributed by atoms with Gasteiger partial charge in [-0.3, -0.25) is 9.97 Å². The van der Waals surface area contributed by atoms with Crippen LogP contribution in [-0.2, 0) is 6.42 Å². The number of hydrogen-bond donors (Lipinski definition) is 0. The fourth-order valence-corrected chi connectivity index (χ4v) is 5.15. The minimum atomic E-state index is -3.99. The molecule has 2 aromatic rings. The maximum atomic E-state index is 16.0. The molecule has 7 heteroatoms. The highest BCUT2D eigenvalue weighted by Gasteiger charge is 2.56. The van der Waals surface area contributed by atoms with Gasteiger partial charge in [0.2, 0.25) is 0 Å². The van der Waals surface area contributed by atoms with Crippen molar-refractivity contribution < 1.29 is 13.1 Å². The van der Waals surface area contributed by atoms with Crippen LogP contribution >= 0.6 is 0 Å². The summed E-state index contributed by atoms with van der Waals surface area (Å²) in [6, 6.07) is 0. The molecule has 0 radical (unpaired) electrons. The van der Waals surface area contributed by atoms with Gasteiger partial charge in [-0.15, -0.1) is 0 Å². The second kappa shape index (κ2) is 6.22. The monoisotopic (exact) mass is 382 g/mol. The van der Waals surface area contributed by atoms with Gasteiger partial charge in [0.1, 0.15) is 5.71 Å². The van der Waals surface area contributed by atoms with Gasteiger partial charge in [-0.1, -0.05) is 13.8 Å². The molecule has 0 spiro atoms. The molecule has 0 N–H and O–H groups in total. The van der Waals surface area contributed by atoms with E-state index in [1.807, 2.05) is 27.7 Å². The highest BCUT2D eigenvalue weighted by molar-refractivity contribution is 6.58. The smallest absolute Gasteiger partial charge is 0.393 e. The van der Waals surface area contributed by atoms with Gasteiger partial charge in [0.05, 0.1) is 17.5 Å². The van der Waals surface area contributed by atoms with Crippen LogP contribution in [0, 0.1) is 13.8 Å². The van der Waals surface area contributed by atoms with Crippen molar-refractivity contribution in [2.24, 2.45) is 0 Å². The summed E-state index contributed by atoms with van der Waals surface area (Å²) in [6.45, 7) is 7.53. The highest BCUT2D eigenvalue weighted by Crippen LogP contribution is 2.46. The number of hydrogen-bond acceptors (Lipinski definition) is 2. The van der Waals surface area contributed by atoms with Crippen molar-refractivity contribution in [1.82, 2.24) is 14.4 Å². The van der Waals surface area contributed by atoms with Crippen molar-refractivity contribution in [2.75, 3.05) is 0 Å². The van der Waals surface area contributed by atoms with E-state index in [1.165, 1.54) is 8.96 Å². The van der Waals surface area contributed by atoms with Crippen molar-refractivity contribution in [3.8, 4) is 0 Å². The SMILES string of the molecule is CCC1=C(C)C2=C(c3cnccn3)c3c(C)c(CC)c(C)n3[B-](F)(F)[N+]2=C1C. The van der Waals surface area contributed by atoms with Gasteiger partial charge in [0.25, 0.3) is 0 Å². The summed E-state index contributed by atoms with van der Waals surface area (Å²) in [5.41, 5.74) is 7.58. The molecule has 146 valence electrons. The number of rotatable bonds is 3. The summed E-state index contributed by atoms with van der Waals surface area (Å²) in [6.07, 6.45) is 6.32. The third kappa shape index (κ3) is 2.19. The lowest BCUT2D eigenvalue weighted by atomic mass is 9.85. The number of allylic oxidation sites excluding steroid dienone is 2. The summed E-state index contributed by atoms with van der Waals surface area (Å²) >= 11 is 0. The minimum Gasteiger partial charge on any atom is -0.393 e. The van der Waals surface area contributed by atoms with E-state index in [1.54, 1.807) is 32.4 Å². The molecular weight excluding hydrogens is 357 g/mol. The fourth-order valence-electron chi connectivity index (χ4n) is 5.15. The van der Waals surface area contributed by atoms with Crippen molar-refractivity contribution in [2.45, 2.75) is 54.4 Å². The quantitative estimate of drug-likeness (QED) is 0.724. The molecule has 0 atom stereocenters. The van der Waals surface area contributed by atoms with E-state index in [9.17, 15) is 0 Å². The van der Waals surface area contributed by atoms with Crippen LogP contribution in [0.4, 0.5) is 8.63 Å². The van der Waals surface area contributed by atoms with E-state index in [-0.39, 0.29) is 0 Å². The second-order valence-corrected chi connectivity index (χ2v) is 7.58. The maximum Gasteiger partial charge on any atom is 0.737 e. The molecule has 0 saturated heterocycles. The largest absolute Gasteiger partial charge is 0.737 e. The van der Waals surface area contributed by atoms with E-state index >= 15 is 8.63 Å². The fraction of sp³-hybridized carbons (Fsp3) is 0.381. The summed E-state index contributed by atoms with van der Waals surface area (Å²) in [7, 11) is 0. The zero-order chi connectivity index (χ0) is 20.4. The third-order valence-corrected chi connectivity index (χ3v) is 6.32. The van der Waals surface area contributed by atoms with E-state index in [0.717, 1.165) is 27.8 Å².